The molecular formula is C14H17F2NO4. The summed E-state index contributed by atoms with van der Waals surface area (Å²) in [6.07, 6.45) is -1.11. The van der Waals surface area contributed by atoms with Gasteiger partial charge in [0.1, 0.15) is 11.6 Å². The minimum Gasteiger partial charge on any atom is -0.477 e. The third kappa shape index (κ3) is 4.70. The van der Waals surface area contributed by atoms with E-state index in [0.29, 0.717) is 0 Å². The highest BCUT2D eigenvalue weighted by molar-refractivity contribution is 5.78. The lowest BCUT2D eigenvalue weighted by Gasteiger charge is -2.27. The van der Waals surface area contributed by atoms with Gasteiger partial charge in [-0.05, 0) is 26.3 Å². The summed E-state index contributed by atoms with van der Waals surface area (Å²) in [5, 5.41) is 10.6. The van der Waals surface area contributed by atoms with Gasteiger partial charge in [0, 0.05) is 0 Å². The van der Waals surface area contributed by atoms with E-state index in [4.69, 9.17) is 9.84 Å². The second-order valence-corrected chi connectivity index (χ2v) is 5.42. The number of carboxylic acids is 1. The maximum absolute atomic E-state index is 13.8. The number of carboxylic acid groups (broad SMARTS) is 1. The molecule has 7 heteroatoms. The highest BCUT2D eigenvalue weighted by Crippen LogP contribution is 2.32. The van der Waals surface area contributed by atoms with E-state index in [-0.39, 0.29) is 5.56 Å². The summed E-state index contributed by atoms with van der Waals surface area (Å²) in [5.74, 6) is -6.49. The Labute approximate surface area is 120 Å². The van der Waals surface area contributed by atoms with Gasteiger partial charge >= 0.3 is 18.0 Å². The molecule has 0 fully saturated rings. The second kappa shape index (κ2) is 6.07. The van der Waals surface area contributed by atoms with Crippen molar-refractivity contribution in [3.05, 3.63) is 35.9 Å². The number of benzene rings is 1. The topological polar surface area (TPSA) is 75.6 Å². The number of alkyl halides is 2. The predicted octanol–water partition coefficient (Wildman–Crippen LogP) is 2.97. The molecule has 5 nitrogen and oxygen atoms in total. The van der Waals surface area contributed by atoms with Crippen LogP contribution in [0.4, 0.5) is 13.6 Å². The lowest BCUT2D eigenvalue weighted by Crippen LogP contribution is -2.46. The first-order valence-electron chi connectivity index (χ1n) is 6.19. The smallest absolute Gasteiger partial charge is 0.408 e. The molecule has 0 aliphatic rings. The molecule has 1 aromatic carbocycles. The minimum atomic E-state index is -4.17. The van der Waals surface area contributed by atoms with Gasteiger partial charge in [0.2, 0.25) is 0 Å². The average Bonchev–Trinajstić information content (AvgIpc) is 2.34. The number of alkyl carbamates (subject to hydrolysis) is 1. The standard InChI is InChI=1S/C14H17F2NO4/c1-13(2,3)21-12(20)17-10(14(15,16)11(18)19)9-7-5-4-6-8-9/h4-8,10H,1-3H3,(H,17,20)(H,18,19)/t10-/m0/s1. The molecule has 1 atom stereocenters. The first-order valence-corrected chi connectivity index (χ1v) is 6.19. The van der Waals surface area contributed by atoms with E-state index in [0.717, 1.165) is 0 Å². The Hall–Kier alpha value is -2.18. The van der Waals surface area contributed by atoms with Gasteiger partial charge in [0.25, 0.3) is 0 Å². The lowest BCUT2D eigenvalue weighted by molar-refractivity contribution is -0.169. The molecule has 0 spiro atoms. The number of hydrogen-bond acceptors (Lipinski definition) is 3. The van der Waals surface area contributed by atoms with Crippen molar-refractivity contribution in [1.29, 1.82) is 0 Å². The van der Waals surface area contributed by atoms with E-state index < -0.39 is 29.6 Å². The van der Waals surface area contributed by atoms with Crippen molar-refractivity contribution in [2.24, 2.45) is 0 Å². The van der Waals surface area contributed by atoms with Crippen LogP contribution in [-0.2, 0) is 9.53 Å². The van der Waals surface area contributed by atoms with Crippen LogP contribution < -0.4 is 5.32 Å². The highest BCUT2D eigenvalue weighted by Gasteiger charge is 2.49. The maximum atomic E-state index is 13.8. The summed E-state index contributed by atoms with van der Waals surface area (Å²) in [6.45, 7) is 4.71. The highest BCUT2D eigenvalue weighted by atomic mass is 19.3. The van der Waals surface area contributed by atoms with Crippen LogP contribution in [-0.4, -0.2) is 28.7 Å². The van der Waals surface area contributed by atoms with Gasteiger partial charge < -0.3 is 15.2 Å². The molecule has 2 N–H and O–H groups in total. The summed E-state index contributed by atoms with van der Waals surface area (Å²) in [5.41, 5.74) is -0.917. The number of carbonyl (C=O) groups is 2. The first kappa shape index (κ1) is 16.9. The molecule has 1 rings (SSSR count). The number of halogens is 2. The number of rotatable bonds is 4. The van der Waals surface area contributed by atoms with Gasteiger partial charge in [0.05, 0.1) is 0 Å². The van der Waals surface area contributed by atoms with Crippen LogP contribution in [0.1, 0.15) is 32.4 Å². The molecular weight excluding hydrogens is 284 g/mol. The molecule has 0 aliphatic heterocycles. The molecule has 1 aromatic rings. The van der Waals surface area contributed by atoms with Crippen molar-refractivity contribution in [2.45, 2.75) is 38.3 Å². The van der Waals surface area contributed by atoms with E-state index in [2.05, 4.69) is 0 Å². The molecule has 0 saturated heterocycles. The van der Waals surface area contributed by atoms with Crippen molar-refractivity contribution in [3.8, 4) is 0 Å². The zero-order valence-electron chi connectivity index (χ0n) is 11.9. The zero-order valence-corrected chi connectivity index (χ0v) is 11.9. The van der Waals surface area contributed by atoms with E-state index >= 15 is 0 Å². The third-order valence-electron chi connectivity index (χ3n) is 2.44. The number of ether oxygens (including phenoxy) is 1. The molecule has 0 heterocycles. The van der Waals surface area contributed by atoms with Crippen LogP contribution in [0.2, 0.25) is 0 Å². The van der Waals surface area contributed by atoms with E-state index in [1.165, 1.54) is 24.3 Å². The van der Waals surface area contributed by atoms with Crippen LogP contribution in [0.25, 0.3) is 0 Å². The van der Waals surface area contributed by atoms with Crippen molar-refractivity contribution in [3.63, 3.8) is 0 Å². The number of amides is 1. The Morgan fingerprint density at radius 1 is 1.19 bits per heavy atom. The minimum absolute atomic E-state index is 0.0317. The third-order valence-corrected chi connectivity index (χ3v) is 2.44. The van der Waals surface area contributed by atoms with Crippen LogP contribution in [0, 0.1) is 0 Å². The molecule has 0 unspecified atom stereocenters. The fraction of sp³-hybridized carbons (Fsp3) is 0.429. The van der Waals surface area contributed by atoms with Gasteiger partial charge in [-0.15, -0.1) is 0 Å². The Balaban J connectivity index is 3.05. The fourth-order valence-corrected chi connectivity index (χ4v) is 1.58. The largest absolute Gasteiger partial charge is 0.477 e. The van der Waals surface area contributed by atoms with Crippen LogP contribution in [0.3, 0.4) is 0 Å². The van der Waals surface area contributed by atoms with Crippen molar-refractivity contribution in [2.75, 3.05) is 0 Å². The second-order valence-electron chi connectivity index (χ2n) is 5.42. The van der Waals surface area contributed by atoms with Crippen molar-refractivity contribution in [1.82, 2.24) is 5.32 Å². The number of nitrogens with one attached hydrogen (secondary N) is 1. The van der Waals surface area contributed by atoms with E-state index in [1.807, 2.05) is 5.32 Å². The number of aliphatic carboxylic acids is 1. The van der Waals surface area contributed by atoms with E-state index in [1.54, 1.807) is 26.8 Å². The normalized spacial score (nSPS) is 13.4. The molecule has 0 saturated carbocycles. The zero-order chi connectivity index (χ0) is 16.3. The maximum Gasteiger partial charge on any atom is 0.408 e. The molecule has 116 valence electrons. The first-order chi connectivity index (χ1) is 9.54. The van der Waals surface area contributed by atoms with E-state index in [9.17, 15) is 18.4 Å². The van der Waals surface area contributed by atoms with Crippen LogP contribution in [0.15, 0.2) is 30.3 Å². The SMILES string of the molecule is CC(C)(C)OC(=O)N[C@@H](c1ccccc1)C(F)(F)C(=O)O. The van der Waals surface area contributed by atoms with Gasteiger partial charge in [-0.2, -0.15) is 8.78 Å². The molecule has 1 amide bonds. The summed E-state index contributed by atoms with van der Waals surface area (Å²) in [6, 6.07) is 5.12. The average molecular weight is 301 g/mol. The summed E-state index contributed by atoms with van der Waals surface area (Å²) < 4.78 is 32.5. The predicted molar refractivity (Wildman–Crippen MR) is 71.1 cm³/mol. The Morgan fingerprint density at radius 2 is 1.71 bits per heavy atom. The van der Waals surface area contributed by atoms with Gasteiger partial charge in [-0.1, -0.05) is 30.3 Å². The molecule has 0 radical (unpaired) electrons. The summed E-state index contributed by atoms with van der Waals surface area (Å²) >= 11 is 0. The Morgan fingerprint density at radius 3 is 2.14 bits per heavy atom. The monoisotopic (exact) mass is 301 g/mol. The lowest BCUT2D eigenvalue weighted by atomic mass is 10.0. The van der Waals surface area contributed by atoms with Crippen LogP contribution >= 0.6 is 0 Å². The Bertz CT molecular complexity index is 511. The van der Waals surface area contributed by atoms with Crippen molar-refractivity contribution < 1.29 is 28.2 Å². The van der Waals surface area contributed by atoms with Crippen LogP contribution in [0.5, 0.6) is 0 Å². The molecule has 0 bridgehead atoms. The van der Waals surface area contributed by atoms with Crippen molar-refractivity contribution >= 4 is 12.1 Å². The van der Waals surface area contributed by atoms with Gasteiger partial charge in [-0.3, -0.25) is 0 Å². The quantitative estimate of drug-likeness (QED) is 0.896. The number of carbonyl (C=O) groups excluding carboxylic acids is 1. The van der Waals surface area contributed by atoms with Gasteiger partial charge in [0.15, 0.2) is 0 Å². The number of hydrogen-bond donors (Lipinski definition) is 2. The summed E-state index contributed by atoms with van der Waals surface area (Å²) in [4.78, 5) is 22.4. The molecule has 0 aliphatic carbocycles. The molecule has 21 heavy (non-hydrogen) atoms. The van der Waals surface area contributed by atoms with Gasteiger partial charge in [-0.25, -0.2) is 9.59 Å². The summed E-state index contributed by atoms with van der Waals surface area (Å²) in [7, 11) is 0. The Kier molecular flexibility index (Phi) is 4.88. The fourth-order valence-electron chi connectivity index (χ4n) is 1.58. The molecule has 0 aromatic heterocycles.